The summed E-state index contributed by atoms with van der Waals surface area (Å²) in [6, 6.07) is 0. The Morgan fingerprint density at radius 3 is 3.24 bits per heavy atom. The van der Waals surface area contributed by atoms with Gasteiger partial charge in [-0.15, -0.1) is 11.3 Å². The number of oxime groups is 1. The van der Waals surface area contributed by atoms with Crippen LogP contribution in [0.2, 0.25) is 0 Å². The molecule has 0 aliphatic carbocycles. The number of unbranched alkanes of at least 4 members (excludes halogenated alkanes) is 1. The first-order valence-corrected chi connectivity index (χ1v) is 5.94. The van der Waals surface area contributed by atoms with Crippen molar-refractivity contribution in [3.8, 4) is 0 Å². The molecule has 0 saturated heterocycles. The molecule has 1 rings (SSSR count). The minimum Gasteiger partial charge on any atom is -0.395 e. The van der Waals surface area contributed by atoms with E-state index in [-0.39, 0.29) is 5.71 Å². The van der Waals surface area contributed by atoms with Crippen molar-refractivity contribution < 1.29 is 14.4 Å². The highest BCUT2D eigenvalue weighted by atomic mass is 32.1. The van der Waals surface area contributed by atoms with Crippen LogP contribution in [0.4, 0.5) is 5.13 Å². The van der Waals surface area contributed by atoms with Crippen molar-refractivity contribution in [2.75, 3.05) is 11.9 Å². The molecule has 0 fully saturated rings. The van der Waals surface area contributed by atoms with E-state index in [1.165, 1.54) is 11.3 Å². The molecule has 0 spiro atoms. The van der Waals surface area contributed by atoms with E-state index in [1.807, 2.05) is 6.92 Å². The number of anilines is 1. The molecule has 1 aromatic rings. The molecule has 0 atom stereocenters. The van der Waals surface area contributed by atoms with Crippen LogP contribution in [0, 0.1) is 0 Å². The van der Waals surface area contributed by atoms with Crippen LogP contribution in [-0.4, -0.2) is 30.0 Å². The molecule has 0 unspecified atom stereocenters. The predicted molar refractivity (Wildman–Crippen MR) is 64.9 cm³/mol. The monoisotopic (exact) mass is 254 g/mol. The van der Waals surface area contributed by atoms with E-state index < -0.39 is 0 Å². The molecular weight excluding hydrogens is 242 g/mol. The largest absolute Gasteiger partial charge is 0.395 e. The van der Waals surface area contributed by atoms with Crippen LogP contribution in [0.3, 0.4) is 0 Å². The first-order valence-electron chi connectivity index (χ1n) is 5.06. The molecule has 0 bridgehead atoms. The first-order chi connectivity index (χ1) is 8.31. The van der Waals surface area contributed by atoms with Crippen LogP contribution >= 0.6 is 11.3 Å². The van der Waals surface area contributed by atoms with Gasteiger partial charge in [-0.3, -0.25) is 9.59 Å². The highest BCUT2D eigenvalue weighted by Gasteiger charge is 2.09. The molecule has 1 N–H and O–H groups in total. The first kappa shape index (κ1) is 13.3. The van der Waals surface area contributed by atoms with E-state index in [1.54, 1.807) is 11.7 Å². The number of carbonyl (C=O) groups is 1. The lowest BCUT2D eigenvalue weighted by Crippen LogP contribution is -2.05. The maximum absolute atomic E-state index is 10.7. The number of amides is 1. The van der Waals surface area contributed by atoms with Gasteiger partial charge in [-0.1, -0.05) is 18.5 Å². The van der Waals surface area contributed by atoms with E-state index in [0.29, 0.717) is 23.8 Å². The van der Waals surface area contributed by atoms with E-state index in [9.17, 15) is 9.59 Å². The van der Waals surface area contributed by atoms with Gasteiger partial charge in [-0.25, -0.2) is 4.98 Å². The normalized spacial score (nSPS) is 11.0. The average Bonchev–Trinajstić information content (AvgIpc) is 2.78. The molecule has 6 nitrogen and oxygen atoms in total. The highest BCUT2D eigenvalue weighted by molar-refractivity contribution is 7.14. The molecule has 1 heterocycles. The zero-order valence-corrected chi connectivity index (χ0v) is 10.1. The summed E-state index contributed by atoms with van der Waals surface area (Å²) in [7, 11) is 0. The molecular formula is C10H12N3O3S. The Morgan fingerprint density at radius 1 is 1.76 bits per heavy atom. The van der Waals surface area contributed by atoms with Gasteiger partial charge in [0.15, 0.2) is 10.8 Å². The van der Waals surface area contributed by atoms with Crippen LogP contribution in [0.1, 0.15) is 25.5 Å². The molecule has 1 aromatic heterocycles. The van der Waals surface area contributed by atoms with Gasteiger partial charge in [-0.2, -0.15) is 0 Å². The lowest BCUT2D eigenvalue weighted by atomic mass is 10.3. The average molecular weight is 254 g/mol. The molecule has 0 aromatic carbocycles. The number of rotatable bonds is 8. The molecule has 0 aliphatic rings. The summed E-state index contributed by atoms with van der Waals surface area (Å²) in [4.78, 5) is 29.8. The third-order valence-corrected chi connectivity index (χ3v) is 2.54. The lowest BCUT2D eigenvalue weighted by molar-refractivity contribution is -0.105. The summed E-state index contributed by atoms with van der Waals surface area (Å²) < 4.78 is 0. The third-order valence-electron chi connectivity index (χ3n) is 1.77. The second-order valence-corrected chi connectivity index (χ2v) is 3.89. The Morgan fingerprint density at radius 2 is 2.59 bits per heavy atom. The van der Waals surface area contributed by atoms with Gasteiger partial charge in [0.25, 0.3) is 6.29 Å². The number of thiazole rings is 1. The van der Waals surface area contributed by atoms with Crippen molar-refractivity contribution in [3.05, 3.63) is 11.1 Å². The molecule has 7 heteroatoms. The summed E-state index contributed by atoms with van der Waals surface area (Å²) in [6.45, 7) is 2.48. The Bertz CT molecular complexity index is 403. The van der Waals surface area contributed by atoms with Crippen molar-refractivity contribution in [1.29, 1.82) is 0 Å². The second-order valence-electron chi connectivity index (χ2n) is 3.03. The fourth-order valence-electron chi connectivity index (χ4n) is 0.936. The minimum atomic E-state index is -0.00342. The maximum atomic E-state index is 10.7. The van der Waals surface area contributed by atoms with Crippen molar-refractivity contribution >= 4 is 34.9 Å². The maximum Gasteiger partial charge on any atom is 0.259 e. The van der Waals surface area contributed by atoms with Crippen LogP contribution in [0.5, 0.6) is 0 Å². The molecule has 17 heavy (non-hydrogen) atoms. The zero-order chi connectivity index (χ0) is 12.5. The van der Waals surface area contributed by atoms with Crippen LogP contribution in [-0.2, 0) is 14.4 Å². The topological polar surface area (TPSA) is 80.6 Å². The minimum absolute atomic E-state index is 0.00342. The van der Waals surface area contributed by atoms with E-state index >= 15 is 0 Å². The Kier molecular flexibility index (Phi) is 5.87. The van der Waals surface area contributed by atoms with Crippen molar-refractivity contribution in [2.45, 2.75) is 19.8 Å². The van der Waals surface area contributed by atoms with Crippen LogP contribution in [0.25, 0.3) is 0 Å². The van der Waals surface area contributed by atoms with E-state index in [2.05, 4.69) is 15.5 Å². The highest BCUT2D eigenvalue weighted by Crippen LogP contribution is 2.14. The second kappa shape index (κ2) is 7.50. The van der Waals surface area contributed by atoms with Gasteiger partial charge >= 0.3 is 0 Å². The molecule has 1 radical (unpaired) electrons. The van der Waals surface area contributed by atoms with Crippen molar-refractivity contribution in [1.82, 2.24) is 4.98 Å². The third kappa shape index (κ3) is 4.31. The number of aromatic nitrogens is 1. The molecule has 1 amide bonds. The van der Waals surface area contributed by atoms with Gasteiger partial charge in [0.2, 0.25) is 6.41 Å². The quantitative estimate of drug-likeness (QED) is 0.328. The smallest absolute Gasteiger partial charge is 0.259 e. The van der Waals surface area contributed by atoms with Crippen LogP contribution < -0.4 is 5.32 Å². The zero-order valence-electron chi connectivity index (χ0n) is 9.30. The Balaban J connectivity index is 2.64. The van der Waals surface area contributed by atoms with Crippen LogP contribution in [0.15, 0.2) is 10.5 Å². The molecule has 0 aliphatic heterocycles. The fraction of sp³-hybridized carbons (Fsp3) is 0.400. The lowest BCUT2D eigenvalue weighted by Gasteiger charge is -1.97. The van der Waals surface area contributed by atoms with Crippen molar-refractivity contribution in [3.63, 3.8) is 0 Å². The Labute approximate surface area is 103 Å². The summed E-state index contributed by atoms with van der Waals surface area (Å²) >= 11 is 1.19. The van der Waals surface area contributed by atoms with Gasteiger partial charge < -0.3 is 10.2 Å². The van der Waals surface area contributed by atoms with Crippen molar-refractivity contribution in [2.24, 2.45) is 5.16 Å². The molecule has 91 valence electrons. The summed E-state index contributed by atoms with van der Waals surface area (Å²) in [5.41, 5.74) is 0.335. The Hall–Kier alpha value is -1.76. The van der Waals surface area contributed by atoms with Gasteiger partial charge in [0, 0.05) is 5.38 Å². The fourth-order valence-corrected chi connectivity index (χ4v) is 1.59. The van der Waals surface area contributed by atoms with E-state index in [4.69, 9.17) is 4.84 Å². The summed E-state index contributed by atoms with van der Waals surface area (Å²) in [6.07, 6.45) is 4.02. The van der Waals surface area contributed by atoms with Gasteiger partial charge in [0.1, 0.15) is 12.3 Å². The number of nitrogens with zero attached hydrogens (tertiary/aromatic N) is 2. The van der Waals surface area contributed by atoms with Gasteiger partial charge in [0.05, 0.1) is 0 Å². The SMILES string of the molecule is CCCCO/N=C(/[C]=O)c1csc(NC=O)n1. The number of nitrogens with one attached hydrogen (secondary N) is 1. The summed E-state index contributed by atoms with van der Waals surface area (Å²) in [5, 5.41) is 8.02. The predicted octanol–water partition coefficient (Wildman–Crippen LogP) is 1.34. The molecule has 0 saturated carbocycles. The number of carbonyl (C=O) groups excluding carboxylic acids is 2. The van der Waals surface area contributed by atoms with E-state index in [0.717, 1.165) is 12.8 Å². The van der Waals surface area contributed by atoms with Gasteiger partial charge in [-0.05, 0) is 6.42 Å². The summed E-state index contributed by atoms with van der Waals surface area (Å²) in [5.74, 6) is 0. The standard InChI is InChI=1S/C10H12N3O3S/c1-2-3-4-16-13-8(5-14)9-6-17-10(12-9)11-7-15/h6-7H,2-4H2,1H3,(H,11,12,15)/b13-8-. The number of hydrogen-bond acceptors (Lipinski definition) is 6. The number of hydrogen-bond donors (Lipinski definition) is 1.